The molecule has 0 N–H and O–H groups in total. The minimum Gasteiger partial charge on any atom is -0.243 e. The Morgan fingerprint density at radius 3 is 3.18 bits per heavy atom. The van der Waals surface area contributed by atoms with Crippen molar-refractivity contribution in [2.24, 2.45) is 0 Å². The molecule has 0 saturated heterocycles. The summed E-state index contributed by atoms with van der Waals surface area (Å²) in [6.45, 7) is 0. The van der Waals surface area contributed by atoms with Crippen molar-refractivity contribution in [1.29, 1.82) is 0 Å². The first-order chi connectivity index (χ1) is 5.75. The summed E-state index contributed by atoms with van der Waals surface area (Å²) in [5.74, 6) is 0. The molecule has 0 atom stereocenters. The van der Waals surface area contributed by atoms with Crippen molar-refractivity contribution in [2.75, 3.05) is 0 Å². The third-order valence-corrected chi connectivity index (χ3v) is 1.49. The van der Waals surface area contributed by atoms with Crippen molar-refractivity contribution in [3.8, 4) is 0 Å². The number of hydrogen-bond acceptors (Lipinski definition) is 3. The maximum absolute atomic E-state index is 7.15. The third kappa shape index (κ3) is 1.14. The van der Waals surface area contributed by atoms with Gasteiger partial charge >= 0.3 is 0 Å². The number of nitrogens with zero attached hydrogens (tertiary/aromatic N) is 3. The fourth-order valence-electron chi connectivity index (χ4n) is 0.805. The molecule has 2 aromatic heterocycles. The fourth-order valence-corrected chi connectivity index (χ4v) is 0.959. The second-order valence-electron chi connectivity index (χ2n) is 2.01. The lowest BCUT2D eigenvalue weighted by Gasteiger charge is -1.93. The fraction of sp³-hybridized carbons (Fsp3) is 0. The zero-order valence-corrected chi connectivity index (χ0v) is 6.21. The molecule has 3 nitrogen and oxygen atoms in total. The predicted octanol–water partition coefficient (Wildman–Crippen LogP) is 1.68. The number of rotatable bonds is 0. The summed E-state index contributed by atoms with van der Waals surface area (Å²) in [6.07, 6.45) is 1.47. The summed E-state index contributed by atoms with van der Waals surface area (Å²) in [5, 5.41) is 0.406. The zero-order chi connectivity index (χ0) is 8.55. The first-order valence-electron chi connectivity index (χ1n) is 3.51. The maximum Gasteiger partial charge on any atom is 0.129 e. The van der Waals surface area contributed by atoms with Crippen molar-refractivity contribution in [2.45, 2.75) is 0 Å². The molecular weight excluding hydrogens is 162 g/mol. The summed E-state index contributed by atoms with van der Waals surface area (Å²) in [4.78, 5) is 11.5. The van der Waals surface area contributed by atoms with E-state index in [0.717, 1.165) is 0 Å². The van der Waals surface area contributed by atoms with Crippen molar-refractivity contribution in [3.05, 3.63) is 29.8 Å². The lowest BCUT2D eigenvalue weighted by atomic mass is 10.4. The molecule has 54 valence electrons. The van der Waals surface area contributed by atoms with Gasteiger partial charge in [-0.15, -0.1) is 0 Å². The van der Waals surface area contributed by atoms with E-state index in [2.05, 4.69) is 15.0 Å². The Kier molecular flexibility index (Phi) is 1.20. The van der Waals surface area contributed by atoms with Gasteiger partial charge in [-0.1, -0.05) is 11.6 Å². The first-order valence-corrected chi connectivity index (χ1v) is 3.39. The molecule has 2 heterocycles. The van der Waals surface area contributed by atoms with Crippen molar-refractivity contribution in [1.82, 2.24) is 15.0 Å². The highest BCUT2D eigenvalue weighted by molar-refractivity contribution is 6.29. The summed E-state index contributed by atoms with van der Waals surface area (Å²) >= 11 is 5.64. The molecule has 0 unspecified atom stereocenters. The van der Waals surface area contributed by atoms with E-state index < -0.39 is 0 Å². The normalized spacial score (nSPS) is 11.5. The van der Waals surface area contributed by atoms with Gasteiger partial charge in [-0.05, 0) is 12.1 Å². The van der Waals surface area contributed by atoms with E-state index >= 15 is 0 Å². The van der Waals surface area contributed by atoms with Crippen LogP contribution in [0, 0.1) is 0 Å². The number of hydrogen-bond donors (Lipinski definition) is 0. The molecule has 0 spiro atoms. The Morgan fingerprint density at radius 1 is 1.36 bits per heavy atom. The Balaban J connectivity index is 2.79. The number of fused-ring (bicyclic) bond motifs is 1. The SMILES string of the molecule is [2H]c1ncc2nc(Cl)ccc2n1. The van der Waals surface area contributed by atoms with Crippen LogP contribution in [0.4, 0.5) is 0 Å². The van der Waals surface area contributed by atoms with Gasteiger partial charge in [0.1, 0.15) is 18.3 Å². The van der Waals surface area contributed by atoms with Crippen molar-refractivity contribution < 1.29 is 1.37 Å². The molecule has 0 bridgehead atoms. The first kappa shape index (κ1) is 5.43. The van der Waals surface area contributed by atoms with Gasteiger partial charge in [-0.2, -0.15) is 0 Å². The molecule has 11 heavy (non-hydrogen) atoms. The van der Waals surface area contributed by atoms with Gasteiger partial charge in [0.05, 0.1) is 11.7 Å². The summed E-state index contributed by atoms with van der Waals surface area (Å²) in [5.41, 5.74) is 1.25. The van der Waals surface area contributed by atoms with Crippen LogP contribution in [-0.4, -0.2) is 15.0 Å². The Bertz CT molecular complexity index is 391. The number of aromatic nitrogens is 3. The van der Waals surface area contributed by atoms with Crippen molar-refractivity contribution >= 4 is 22.6 Å². The highest BCUT2D eigenvalue weighted by Crippen LogP contribution is 2.10. The van der Waals surface area contributed by atoms with Gasteiger partial charge in [-0.25, -0.2) is 15.0 Å². The molecule has 0 aromatic carbocycles. The Hall–Kier alpha value is -1.22. The molecule has 0 fully saturated rings. The Morgan fingerprint density at radius 2 is 2.27 bits per heavy atom. The standard InChI is InChI=1S/C7H4ClN3/c8-7-2-1-5-6(11-7)3-9-4-10-5/h1-4H/i4D. The maximum atomic E-state index is 7.15. The topological polar surface area (TPSA) is 38.7 Å². The average molecular weight is 167 g/mol. The average Bonchev–Trinajstić information content (AvgIpc) is 2.05. The highest BCUT2D eigenvalue weighted by Gasteiger charge is 1.94. The monoisotopic (exact) mass is 166 g/mol. The molecule has 0 saturated carbocycles. The molecule has 0 aliphatic carbocycles. The zero-order valence-electron chi connectivity index (χ0n) is 6.45. The molecule has 0 aliphatic heterocycles. The van der Waals surface area contributed by atoms with Gasteiger partial charge in [0.25, 0.3) is 0 Å². The molecular formula is C7H4ClN3. The van der Waals surface area contributed by atoms with Gasteiger partial charge in [0, 0.05) is 0 Å². The van der Waals surface area contributed by atoms with E-state index in [1.807, 2.05) is 0 Å². The minimum atomic E-state index is -0.00776. The predicted molar refractivity (Wildman–Crippen MR) is 42.3 cm³/mol. The second-order valence-corrected chi connectivity index (χ2v) is 2.40. The lowest BCUT2D eigenvalue weighted by molar-refractivity contribution is 1.20. The van der Waals surface area contributed by atoms with E-state index in [-0.39, 0.29) is 6.30 Å². The summed E-state index contributed by atoms with van der Waals surface area (Å²) in [6, 6.07) is 3.35. The van der Waals surface area contributed by atoms with Crippen LogP contribution in [0.15, 0.2) is 24.6 Å². The van der Waals surface area contributed by atoms with Crippen LogP contribution in [0.2, 0.25) is 5.15 Å². The van der Waals surface area contributed by atoms with E-state index in [4.69, 9.17) is 13.0 Å². The highest BCUT2D eigenvalue weighted by atomic mass is 35.5. The van der Waals surface area contributed by atoms with Crippen LogP contribution in [0.5, 0.6) is 0 Å². The molecule has 2 aromatic rings. The minimum absolute atomic E-state index is 0.00776. The molecule has 0 radical (unpaired) electrons. The van der Waals surface area contributed by atoms with E-state index in [9.17, 15) is 0 Å². The van der Waals surface area contributed by atoms with E-state index in [0.29, 0.717) is 16.2 Å². The largest absolute Gasteiger partial charge is 0.243 e. The van der Waals surface area contributed by atoms with Gasteiger partial charge in [0.2, 0.25) is 0 Å². The molecule has 0 aliphatic rings. The second kappa shape index (κ2) is 2.43. The van der Waals surface area contributed by atoms with Crippen LogP contribution >= 0.6 is 11.6 Å². The van der Waals surface area contributed by atoms with E-state index in [1.54, 1.807) is 12.1 Å². The Labute approximate surface area is 69.5 Å². The van der Waals surface area contributed by atoms with Gasteiger partial charge < -0.3 is 0 Å². The third-order valence-electron chi connectivity index (χ3n) is 1.28. The number of halogens is 1. The summed E-state index contributed by atoms with van der Waals surface area (Å²) < 4.78 is 7.15. The van der Waals surface area contributed by atoms with Crippen LogP contribution in [0.1, 0.15) is 1.37 Å². The molecule has 2 rings (SSSR count). The summed E-state index contributed by atoms with van der Waals surface area (Å²) in [7, 11) is 0. The number of pyridine rings is 1. The van der Waals surface area contributed by atoms with Crippen LogP contribution in [-0.2, 0) is 0 Å². The van der Waals surface area contributed by atoms with Gasteiger partial charge in [0.15, 0.2) is 0 Å². The van der Waals surface area contributed by atoms with Crippen LogP contribution < -0.4 is 0 Å². The van der Waals surface area contributed by atoms with Gasteiger partial charge in [-0.3, -0.25) is 0 Å². The van der Waals surface area contributed by atoms with Crippen molar-refractivity contribution in [3.63, 3.8) is 0 Å². The molecule has 4 heteroatoms. The smallest absolute Gasteiger partial charge is 0.129 e. The van der Waals surface area contributed by atoms with Crippen LogP contribution in [0.25, 0.3) is 11.0 Å². The van der Waals surface area contributed by atoms with E-state index in [1.165, 1.54) is 6.20 Å². The molecule has 0 amide bonds. The lowest BCUT2D eigenvalue weighted by Crippen LogP contribution is -1.83. The van der Waals surface area contributed by atoms with Crippen LogP contribution in [0.3, 0.4) is 0 Å². The quantitative estimate of drug-likeness (QED) is 0.559.